The van der Waals surface area contributed by atoms with Crippen LogP contribution in [0.25, 0.3) is 0 Å². The molecule has 2 rings (SSSR count). The lowest BCUT2D eigenvalue weighted by molar-refractivity contribution is 0.0923. The van der Waals surface area contributed by atoms with E-state index in [0.717, 1.165) is 24.3 Å². The molecule has 112 valence electrons. The van der Waals surface area contributed by atoms with Gasteiger partial charge in [0, 0.05) is 26.2 Å². The SMILES string of the molecule is Cc1ccc(NCCCNC(=O)c2oc(C)nc2C)nc1. The molecule has 0 aromatic carbocycles. The molecular formula is C15H20N4O2. The molecule has 1 amide bonds. The third-order valence-electron chi connectivity index (χ3n) is 2.97. The summed E-state index contributed by atoms with van der Waals surface area (Å²) < 4.78 is 5.26. The van der Waals surface area contributed by atoms with Crippen LogP contribution in [0.5, 0.6) is 0 Å². The van der Waals surface area contributed by atoms with E-state index in [0.29, 0.717) is 23.9 Å². The zero-order chi connectivity index (χ0) is 15.2. The van der Waals surface area contributed by atoms with Crippen molar-refractivity contribution in [1.29, 1.82) is 0 Å². The van der Waals surface area contributed by atoms with E-state index < -0.39 is 0 Å². The molecule has 2 aromatic rings. The van der Waals surface area contributed by atoms with Gasteiger partial charge in [0.1, 0.15) is 5.82 Å². The topological polar surface area (TPSA) is 80.0 Å². The van der Waals surface area contributed by atoms with E-state index in [2.05, 4.69) is 20.6 Å². The molecule has 0 aliphatic rings. The fraction of sp³-hybridized carbons (Fsp3) is 0.400. The maximum absolute atomic E-state index is 11.9. The summed E-state index contributed by atoms with van der Waals surface area (Å²) in [6.45, 7) is 6.79. The highest BCUT2D eigenvalue weighted by Crippen LogP contribution is 2.08. The van der Waals surface area contributed by atoms with Crippen LogP contribution >= 0.6 is 0 Å². The van der Waals surface area contributed by atoms with E-state index in [-0.39, 0.29) is 5.91 Å². The van der Waals surface area contributed by atoms with Crippen LogP contribution < -0.4 is 10.6 Å². The first-order chi connectivity index (χ1) is 10.1. The van der Waals surface area contributed by atoms with Crippen LogP contribution in [0.3, 0.4) is 0 Å². The number of pyridine rings is 1. The van der Waals surface area contributed by atoms with Crippen molar-refractivity contribution in [3.63, 3.8) is 0 Å². The second-order valence-corrected chi connectivity index (χ2v) is 4.90. The van der Waals surface area contributed by atoms with E-state index in [1.165, 1.54) is 0 Å². The predicted molar refractivity (Wildman–Crippen MR) is 80.4 cm³/mol. The number of nitrogens with one attached hydrogen (secondary N) is 2. The second kappa shape index (κ2) is 6.88. The summed E-state index contributed by atoms with van der Waals surface area (Å²) in [6.07, 6.45) is 2.62. The molecule has 0 atom stereocenters. The van der Waals surface area contributed by atoms with Gasteiger partial charge in [-0.05, 0) is 31.9 Å². The van der Waals surface area contributed by atoms with Gasteiger partial charge < -0.3 is 15.1 Å². The molecule has 0 spiro atoms. The van der Waals surface area contributed by atoms with Crippen LogP contribution in [0.4, 0.5) is 5.82 Å². The number of aryl methyl sites for hydroxylation is 3. The molecular weight excluding hydrogens is 268 g/mol. The average molecular weight is 288 g/mol. The quantitative estimate of drug-likeness (QED) is 0.797. The molecule has 0 radical (unpaired) electrons. The largest absolute Gasteiger partial charge is 0.436 e. The van der Waals surface area contributed by atoms with Gasteiger partial charge in [-0.15, -0.1) is 0 Å². The van der Waals surface area contributed by atoms with Crippen molar-refractivity contribution in [3.8, 4) is 0 Å². The Morgan fingerprint density at radius 1 is 1.24 bits per heavy atom. The van der Waals surface area contributed by atoms with Crippen molar-refractivity contribution in [2.75, 3.05) is 18.4 Å². The Kier molecular flexibility index (Phi) is 4.92. The fourth-order valence-electron chi connectivity index (χ4n) is 1.90. The Balaban J connectivity index is 1.69. The first kappa shape index (κ1) is 15.0. The van der Waals surface area contributed by atoms with Crippen LogP contribution in [0, 0.1) is 20.8 Å². The van der Waals surface area contributed by atoms with Crippen molar-refractivity contribution in [1.82, 2.24) is 15.3 Å². The van der Waals surface area contributed by atoms with Crippen molar-refractivity contribution in [2.24, 2.45) is 0 Å². The van der Waals surface area contributed by atoms with Crippen molar-refractivity contribution in [2.45, 2.75) is 27.2 Å². The molecule has 2 N–H and O–H groups in total. The molecule has 21 heavy (non-hydrogen) atoms. The van der Waals surface area contributed by atoms with E-state index >= 15 is 0 Å². The van der Waals surface area contributed by atoms with E-state index in [1.807, 2.05) is 25.3 Å². The fourth-order valence-corrected chi connectivity index (χ4v) is 1.90. The molecule has 0 saturated heterocycles. The molecule has 0 fully saturated rings. The molecule has 0 aliphatic carbocycles. The van der Waals surface area contributed by atoms with Gasteiger partial charge in [0.05, 0.1) is 5.69 Å². The minimum absolute atomic E-state index is 0.221. The summed E-state index contributed by atoms with van der Waals surface area (Å²) in [4.78, 5) is 20.2. The number of carbonyl (C=O) groups excluding carboxylic acids is 1. The molecule has 0 bridgehead atoms. The Hall–Kier alpha value is -2.37. The molecule has 0 aliphatic heterocycles. The smallest absolute Gasteiger partial charge is 0.289 e. The van der Waals surface area contributed by atoms with Crippen LogP contribution in [-0.4, -0.2) is 29.0 Å². The number of hydrogen-bond donors (Lipinski definition) is 2. The monoisotopic (exact) mass is 288 g/mol. The highest BCUT2D eigenvalue weighted by atomic mass is 16.4. The first-order valence-electron chi connectivity index (χ1n) is 6.95. The maximum atomic E-state index is 11.9. The lowest BCUT2D eigenvalue weighted by Crippen LogP contribution is -2.26. The van der Waals surface area contributed by atoms with Crippen LogP contribution in [0.2, 0.25) is 0 Å². The first-order valence-corrected chi connectivity index (χ1v) is 6.95. The number of hydrogen-bond acceptors (Lipinski definition) is 5. The zero-order valence-corrected chi connectivity index (χ0v) is 12.6. The molecule has 6 nitrogen and oxygen atoms in total. The van der Waals surface area contributed by atoms with Gasteiger partial charge in [-0.2, -0.15) is 0 Å². The number of amides is 1. The Morgan fingerprint density at radius 3 is 2.67 bits per heavy atom. The lowest BCUT2D eigenvalue weighted by atomic mass is 10.3. The van der Waals surface area contributed by atoms with Crippen LogP contribution in [-0.2, 0) is 0 Å². The Bertz CT molecular complexity index is 605. The molecule has 0 unspecified atom stereocenters. The molecule has 2 heterocycles. The molecule has 0 saturated carbocycles. The summed E-state index contributed by atoms with van der Waals surface area (Å²) >= 11 is 0. The summed E-state index contributed by atoms with van der Waals surface area (Å²) in [5.74, 6) is 1.42. The lowest BCUT2D eigenvalue weighted by Gasteiger charge is -2.06. The highest BCUT2D eigenvalue weighted by molar-refractivity contribution is 5.92. The Labute approximate surface area is 124 Å². The van der Waals surface area contributed by atoms with Gasteiger partial charge in [-0.25, -0.2) is 9.97 Å². The summed E-state index contributed by atoms with van der Waals surface area (Å²) in [7, 11) is 0. The molecule has 6 heteroatoms. The van der Waals surface area contributed by atoms with Crippen LogP contribution in [0.15, 0.2) is 22.7 Å². The van der Waals surface area contributed by atoms with E-state index in [9.17, 15) is 4.79 Å². The van der Waals surface area contributed by atoms with Crippen molar-refractivity contribution >= 4 is 11.7 Å². The predicted octanol–water partition coefficient (Wildman–Crippen LogP) is 2.23. The number of nitrogens with zero attached hydrogens (tertiary/aromatic N) is 2. The normalized spacial score (nSPS) is 10.4. The number of anilines is 1. The van der Waals surface area contributed by atoms with Gasteiger partial charge in [-0.1, -0.05) is 6.07 Å². The van der Waals surface area contributed by atoms with Gasteiger partial charge in [0.25, 0.3) is 5.91 Å². The standard InChI is InChI=1S/C15H20N4O2/c1-10-5-6-13(18-9-10)16-7-4-8-17-15(20)14-11(2)19-12(3)21-14/h5-6,9H,4,7-8H2,1-3H3,(H,16,18)(H,17,20). The minimum Gasteiger partial charge on any atom is -0.436 e. The second-order valence-electron chi connectivity index (χ2n) is 4.90. The molecule has 2 aromatic heterocycles. The van der Waals surface area contributed by atoms with E-state index in [1.54, 1.807) is 13.8 Å². The number of aromatic nitrogens is 2. The maximum Gasteiger partial charge on any atom is 0.289 e. The average Bonchev–Trinajstić information content (AvgIpc) is 2.79. The highest BCUT2D eigenvalue weighted by Gasteiger charge is 2.14. The number of oxazole rings is 1. The third-order valence-corrected chi connectivity index (χ3v) is 2.97. The van der Waals surface area contributed by atoms with Crippen LogP contribution in [0.1, 0.15) is 34.1 Å². The number of carbonyl (C=O) groups is 1. The summed E-state index contributed by atoms with van der Waals surface area (Å²) in [6, 6.07) is 3.95. The van der Waals surface area contributed by atoms with Gasteiger partial charge >= 0.3 is 0 Å². The third kappa shape index (κ3) is 4.30. The van der Waals surface area contributed by atoms with Crippen molar-refractivity contribution < 1.29 is 9.21 Å². The van der Waals surface area contributed by atoms with Gasteiger partial charge in [0.2, 0.25) is 5.76 Å². The van der Waals surface area contributed by atoms with E-state index in [4.69, 9.17) is 4.42 Å². The summed E-state index contributed by atoms with van der Waals surface area (Å²) in [5.41, 5.74) is 1.75. The summed E-state index contributed by atoms with van der Waals surface area (Å²) in [5, 5.41) is 6.02. The minimum atomic E-state index is -0.221. The number of rotatable bonds is 6. The van der Waals surface area contributed by atoms with Gasteiger partial charge in [0.15, 0.2) is 5.89 Å². The Morgan fingerprint density at radius 2 is 2.05 bits per heavy atom. The zero-order valence-electron chi connectivity index (χ0n) is 12.6. The van der Waals surface area contributed by atoms with Gasteiger partial charge in [-0.3, -0.25) is 4.79 Å². The van der Waals surface area contributed by atoms with Crippen molar-refractivity contribution in [3.05, 3.63) is 41.2 Å².